The van der Waals surface area contributed by atoms with Crippen LogP contribution >= 0.6 is 0 Å². The zero-order valence-electron chi connectivity index (χ0n) is 15.2. The Balaban J connectivity index is 2.08. The van der Waals surface area contributed by atoms with Crippen LogP contribution < -0.4 is 11.1 Å². The molecule has 1 heterocycles. The number of likely N-dealkylation sites (tertiary alicyclic amines) is 1. The van der Waals surface area contributed by atoms with Crippen molar-refractivity contribution in [2.24, 2.45) is 11.7 Å². The van der Waals surface area contributed by atoms with E-state index < -0.39 is 36.1 Å². The lowest BCUT2D eigenvalue weighted by Crippen LogP contribution is -2.54. The average Bonchev–Trinajstić information content (AvgIpc) is 2.83. The van der Waals surface area contributed by atoms with Gasteiger partial charge in [-0.3, -0.25) is 4.79 Å². The normalized spacial score (nSPS) is 27.7. The van der Waals surface area contributed by atoms with E-state index >= 15 is 0 Å². The fourth-order valence-electron chi connectivity index (χ4n) is 3.41. The van der Waals surface area contributed by atoms with E-state index in [9.17, 15) is 18.4 Å². The molecule has 1 aliphatic carbocycles. The summed E-state index contributed by atoms with van der Waals surface area (Å²) in [4.78, 5) is 26.1. The van der Waals surface area contributed by atoms with Gasteiger partial charge in [-0.1, -0.05) is 0 Å². The van der Waals surface area contributed by atoms with Crippen LogP contribution in [0.1, 0.15) is 52.9 Å². The summed E-state index contributed by atoms with van der Waals surface area (Å²) in [5, 5.41) is 2.62. The summed E-state index contributed by atoms with van der Waals surface area (Å²) in [6, 6.07) is -0.763. The number of carbonyl (C=O) groups is 2. The molecule has 0 unspecified atom stereocenters. The van der Waals surface area contributed by atoms with Crippen molar-refractivity contribution in [1.29, 1.82) is 0 Å². The van der Waals surface area contributed by atoms with Gasteiger partial charge >= 0.3 is 6.09 Å². The third-order valence-electron chi connectivity index (χ3n) is 4.71. The minimum Gasteiger partial charge on any atom is -0.444 e. The van der Waals surface area contributed by atoms with Crippen LogP contribution in [-0.4, -0.2) is 53.6 Å². The van der Waals surface area contributed by atoms with Gasteiger partial charge in [0.25, 0.3) is 5.92 Å². The van der Waals surface area contributed by atoms with E-state index in [4.69, 9.17) is 10.5 Å². The lowest BCUT2D eigenvalue weighted by atomic mass is 9.81. The van der Waals surface area contributed by atoms with Crippen molar-refractivity contribution in [2.45, 2.75) is 76.5 Å². The minimum absolute atomic E-state index is 0.00453. The Morgan fingerprint density at radius 1 is 1.24 bits per heavy atom. The van der Waals surface area contributed by atoms with Gasteiger partial charge in [0.1, 0.15) is 11.6 Å². The third kappa shape index (κ3) is 5.80. The molecule has 0 aromatic carbocycles. The molecule has 0 aromatic heterocycles. The lowest BCUT2D eigenvalue weighted by molar-refractivity contribution is -0.135. The number of nitrogens with one attached hydrogen (secondary N) is 1. The summed E-state index contributed by atoms with van der Waals surface area (Å²) in [6.07, 6.45) is 1.82. The Bertz CT molecular complexity index is 500. The van der Waals surface area contributed by atoms with Crippen molar-refractivity contribution < 1.29 is 23.1 Å². The van der Waals surface area contributed by atoms with Gasteiger partial charge in [0.15, 0.2) is 0 Å². The van der Waals surface area contributed by atoms with Crippen LogP contribution in [0.5, 0.6) is 0 Å². The molecule has 3 N–H and O–H groups in total. The average molecular weight is 361 g/mol. The van der Waals surface area contributed by atoms with Gasteiger partial charge in [-0.25, -0.2) is 13.6 Å². The predicted molar refractivity (Wildman–Crippen MR) is 89.2 cm³/mol. The fourth-order valence-corrected chi connectivity index (χ4v) is 3.41. The molecule has 1 aliphatic heterocycles. The molecular weight excluding hydrogens is 332 g/mol. The van der Waals surface area contributed by atoms with Crippen LogP contribution in [0.15, 0.2) is 0 Å². The molecule has 2 aliphatic rings. The van der Waals surface area contributed by atoms with E-state index in [0.717, 1.165) is 17.7 Å². The highest BCUT2D eigenvalue weighted by Crippen LogP contribution is 2.31. The largest absolute Gasteiger partial charge is 0.444 e. The Hall–Kier alpha value is -1.44. The first kappa shape index (κ1) is 19.9. The summed E-state index contributed by atoms with van der Waals surface area (Å²) in [5.74, 6) is -3.43. The van der Waals surface area contributed by atoms with Crippen LogP contribution in [0.3, 0.4) is 0 Å². The molecule has 144 valence electrons. The number of halogens is 2. The van der Waals surface area contributed by atoms with E-state index in [-0.39, 0.29) is 24.9 Å². The number of nitrogens with zero attached hydrogens (tertiary/aromatic N) is 1. The number of ether oxygens (including phenoxy) is 1. The quantitative estimate of drug-likeness (QED) is 0.808. The molecule has 25 heavy (non-hydrogen) atoms. The Morgan fingerprint density at radius 3 is 2.32 bits per heavy atom. The van der Waals surface area contributed by atoms with E-state index in [1.807, 2.05) is 0 Å². The number of carbonyl (C=O) groups excluding carboxylic acids is 2. The number of hydrogen-bond acceptors (Lipinski definition) is 4. The van der Waals surface area contributed by atoms with Gasteiger partial charge < -0.3 is 20.7 Å². The molecule has 8 heteroatoms. The first-order valence-electron chi connectivity index (χ1n) is 8.88. The predicted octanol–water partition coefficient (Wildman–Crippen LogP) is 2.26. The number of hydrogen-bond donors (Lipinski definition) is 2. The van der Waals surface area contributed by atoms with Crippen molar-refractivity contribution in [3.05, 3.63) is 0 Å². The van der Waals surface area contributed by atoms with E-state index in [0.29, 0.717) is 12.8 Å². The van der Waals surface area contributed by atoms with Crippen LogP contribution in [0.4, 0.5) is 13.6 Å². The zero-order valence-corrected chi connectivity index (χ0v) is 15.2. The Kier molecular flexibility index (Phi) is 5.91. The van der Waals surface area contributed by atoms with E-state index in [1.54, 1.807) is 20.8 Å². The van der Waals surface area contributed by atoms with Crippen LogP contribution in [-0.2, 0) is 9.53 Å². The van der Waals surface area contributed by atoms with Crippen molar-refractivity contribution in [3.8, 4) is 0 Å². The molecule has 0 radical (unpaired) electrons. The second-order valence-corrected chi connectivity index (χ2v) is 8.16. The topological polar surface area (TPSA) is 84.7 Å². The first-order chi connectivity index (χ1) is 11.5. The van der Waals surface area contributed by atoms with Crippen molar-refractivity contribution in [1.82, 2.24) is 10.2 Å². The van der Waals surface area contributed by atoms with Gasteiger partial charge in [0, 0.05) is 19.0 Å². The fraction of sp³-hybridized carbons (Fsp3) is 0.882. The summed E-state index contributed by atoms with van der Waals surface area (Å²) in [7, 11) is 0. The summed E-state index contributed by atoms with van der Waals surface area (Å²) in [6.45, 7) is 4.59. The molecule has 2 amide bonds. The van der Waals surface area contributed by atoms with Crippen LogP contribution in [0.25, 0.3) is 0 Å². The molecule has 2 fully saturated rings. The molecule has 1 saturated carbocycles. The molecule has 2 rings (SSSR count). The number of nitrogens with two attached hydrogens (primary N) is 1. The molecule has 0 aromatic rings. The van der Waals surface area contributed by atoms with E-state index in [1.165, 1.54) is 0 Å². The maximum Gasteiger partial charge on any atom is 0.408 e. The third-order valence-corrected chi connectivity index (χ3v) is 4.71. The van der Waals surface area contributed by atoms with Gasteiger partial charge in [0.2, 0.25) is 5.91 Å². The number of alkyl carbamates (subject to hydrolysis) is 1. The standard InChI is InChI=1S/C17H29F2N3O3/c1-16(2,3)25-15(24)21-13(11-4-6-12(20)7-5-11)14(23)22-9-8-17(18,19)10-22/h11-13H,4-10,20H2,1-3H3,(H,21,24)/t11-,12-,13-/m0/s1. The molecule has 6 nitrogen and oxygen atoms in total. The molecule has 1 saturated heterocycles. The molecular formula is C17H29F2N3O3. The van der Waals surface area contributed by atoms with Crippen molar-refractivity contribution in [3.63, 3.8) is 0 Å². The highest BCUT2D eigenvalue weighted by Gasteiger charge is 2.44. The summed E-state index contributed by atoms with van der Waals surface area (Å²) in [5.41, 5.74) is 5.21. The smallest absolute Gasteiger partial charge is 0.408 e. The highest BCUT2D eigenvalue weighted by molar-refractivity contribution is 5.86. The van der Waals surface area contributed by atoms with Gasteiger partial charge in [-0.15, -0.1) is 0 Å². The molecule has 0 spiro atoms. The lowest BCUT2D eigenvalue weighted by Gasteiger charge is -2.34. The first-order valence-corrected chi connectivity index (χ1v) is 8.88. The maximum absolute atomic E-state index is 13.5. The van der Waals surface area contributed by atoms with Gasteiger partial charge in [-0.05, 0) is 52.4 Å². The second kappa shape index (κ2) is 7.43. The van der Waals surface area contributed by atoms with Crippen LogP contribution in [0, 0.1) is 5.92 Å². The summed E-state index contributed by atoms with van der Waals surface area (Å²) < 4.78 is 32.2. The Labute approximate surface area is 147 Å². The number of rotatable bonds is 3. The van der Waals surface area contributed by atoms with Gasteiger partial charge in [-0.2, -0.15) is 0 Å². The zero-order chi connectivity index (χ0) is 18.8. The Morgan fingerprint density at radius 2 is 1.84 bits per heavy atom. The van der Waals surface area contributed by atoms with Crippen molar-refractivity contribution >= 4 is 12.0 Å². The SMILES string of the molecule is CC(C)(C)OC(=O)N[C@H](C(=O)N1CCC(F)(F)C1)[C@H]1CC[C@H](N)CC1. The van der Waals surface area contributed by atoms with E-state index in [2.05, 4.69) is 5.32 Å². The second-order valence-electron chi connectivity index (χ2n) is 8.16. The van der Waals surface area contributed by atoms with Crippen LogP contribution in [0.2, 0.25) is 0 Å². The molecule has 1 atom stereocenters. The monoisotopic (exact) mass is 361 g/mol. The minimum atomic E-state index is -2.86. The number of alkyl halides is 2. The summed E-state index contributed by atoms with van der Waals surface area (Å²) >= 11 is 0. The van der Waals surface area contributed by atoms with Crippen molar-refractivity contribution in [2.75, 3.05) is 13.1 Å². The number of amides is 2. The molecule has 0 bridgehead atoms. The van der Waals surface area contributed by atoms with Gasteiger partial charge in [0.05, 0.1) is 6.54 Å². The maximum atomic E-state index is 13.5. The highest BCUT2D eigenvalue weighted by atomic mass is 19.3.